The van der Waals surface area contributed by atoms with Gasteiger partial charge in [-0.15, -0.1) is 0 Å². The molecule has 0 bridgehead atoms. The number of nitrogens with one attached hydrogen (secondary N) is 3. The second-order valence-electron chi connectivity index (χ2n) is 9.82. The number of anilines is 6. The third-order valence-corrected chi connectivity index (χ3v) is 6.98. The molecule has 0 amide bonds. The Balaban J connectivity index is 1.25. The average molecular weight is 553 g/mol. The van der Waals surface area contributed by atoms with E-state index in [4.69, 9.17) is 0 Å². The van der Waals surface area contributed by atoms with E-state index in [0.29, 0.717) is 17.8 Å². The molecule has 204 valence electrons. The first kappa shape index (κ1) is 24.9. The van der Waals surface area contributed by atoms with Gasteiger partial charge in [-0.2, -0.15) is 15.0 Å². The highest BCUT2D eigenvalue weighted by atomic mass is 16.3. The van der Waals surface area contributed by atoms with Gasteiger partial charge in [0.25, 0.3) is 0 Å². The highest BCUT2D eigenvalue weighted by Crippen LogP contribution is 2.31. The van der Waals surface area contributed by atoms with Crippen LogP contribution in [0.3, 0.4) is 0 Å². The summed E-state index contributed by atoms with van der Waals surface area (Å²) in [6, 6.07) is 32.9. The van der Waals surface area contributed by atoms with E-state index in [2.05, 4.69) is 30.9 Å². The first-order valence-electron chi connectivity index (χ1n) is 13.2. The first-order chi connectivity index (χ1) is 20.5. The van der Waals surface area contributed by atoms with E-state index in [1.807, 2.05) is 72.8 Å². The summed E-state index contributed by atoms with van der Waals surface area (Å²) in [6.45, 7) is 0. The molecule has 6 N–H and O–H groups in total. The van der Waals surface area contributed by atoms with Crippen molar-refractivity contribution in [2.24, 2.45) is 0 Å². The number of hydrogen-bond donors (Lipinski definition) is 6. The van der Waals surface area contributed by atoms with Crippen LogP contribution in [0.4, 0.5) is 34.9 Å². The molecular formula is C33H24N6O3. The summed E-state index contributed by atoms with van der Waals surface area (Å²) in [7, 11) is 0. The van der Waals surface area contributed by atoms with Crippen LogP contribution in [0.15, 0.2) is 109 Å². The predicted molar refractivity (Wildman–Crippen MR) is 167 cm³/mol. The van der Waals surface area contributed by atoms with Crippen LogP contribution in [0.5, 0.6) is 17.2 Å². The first-order valence-corrected chi connectivity index (χ1v) is 13.2. The Bertz CT molecular complexity index is 1880. The lowest BCUT2D eigenvalue weighted by Crippen LogP contribution is -2.07. The van der Waals surface area contributed by atoms with Gasteiger partial charge in [-0.05, 0) is 89.0 Å². The molecule has 6 aromatic carbocycles. The van der Waals surface area contributed by atoms with Gasteiger partial charge < -0.3 is 31.3 Å². The lowest BCUT2D eigenvalue weighted by atomic mass is 10.1. The maximum absolute atomic E-state index is 10.2. The van der Waals surface area contributed by atoms with Crippen molar-refractivity contribution >= 4 is 67.2 Å². The van der Waals surface area contributed by atoms with Crippen molar-refractivity contribution in [1.82, 2.24) is 15.0 Å². The Morgan fingerprint density at radius 1 is 0.381 bits per heavy atom. The van der Waals surface area contributed by atoms with Gasteiger partial charge in [0.05, 0.1) is 0 Å². The van der Waals surface area contributed by atoms with Gasteiger partial charge in [-0.25, -0.2) is 0 Å². The molecule has 9 nitrogen and oxygen atoms in total. The molecule has 7 aromatic rings. The summed E-state index contributed by atoms with van der Waals surface area (Å²) in [5.74, 6) is 1.53. The van der Waals surface area contributed by atoms with Crippen LogP contribution in [0, 0.1) is 0 Å². The summed E-state index contributed by atoms with van der Waals surface area (Å²) in [5.41, 5.74) is 2.20. The molecule has 42 heavy (non-hydrogen) atoms. The summed E-state index contributed by atoms with van der Waals surface area (Å²) < 4.78 is 0. The monoisotopic (exact) mass is 552 g/mol. The molecule has 0 aliphatic heterocycles. The van der Waals surface area contributed by atoms with E-state index < -0.39 is 0 Å². The number of nitrogens with zero attached hydrogens (tertiary/aromatic N) is 3. The van der Waals surface area contributed by atoms with E-state index in [9.17, 15) is 15.3 Å². The number of aromatic hydroxyl groups is 3. The molecule has 0 saturated heterocycles. The minimum absolute atomic E-state index is 0.213. The lowest BCUT2D eigenvalue weighted by molar-refractivity contribution is 0.481. The average Bonchev–Trinajstić information content (AvgIpc) is 2.97. The van der Waals surface area contributed by atoms with Crippen molar-refractivity contribution in [2.45, 2.75) is 0 Å². The van der Waals surface area contributed by atoms with Gasteiger partial charge >= 0.3 is 0 Å². The quantitative estimate of drug-likeness (QED) is 0.123. The number of phenols is 3. The molecule has 9 heteroatoms. The highest BCUT2D eigenvalue weighted by molar-refractivity contribution is 5.93. The zero-order chi connectivity index (χ0) is 28.6. The van der Waals surface area contributed by atoms with Crippen LogP contribution < -0.4 is 16.0 Å². The second-order valence-corrected chi connectivity index (χ2v) is 9.82. The number of fused-ring (bicyclic) bond motifs is 3. The summed E-state index contributed by atoms with van der Waals surface area (Å²) in [5, 5.41) is 45.1. The van der Waals surface area contributed by atoms with E-state index in [1.54, 1.807) is 36.4 Å². The molecule has 7 rings (SSSR count). The van der Waals surface area contributed by atoms with Gasteiger partial charge in [0.2, 0.25) is 17.8 Å². The Labute approximate surface area is 239 Å². The summed E-state index contributed by atoms with van der Waals surface area (Å²) >= 11 is 0. The minimum Gasteiger partial charge on any atom is -0.507 e. The third kappa shape index (κ3) is 4.86. The number of phenolic OH excluding ortho intramolecular Hbond substituents is 3. The van der Waals surface area contributed by atoms with Crippen LogP contribution >= 0.6 is 0 Å². The Morgan fingerprint density at radius 2 is 0.690 bits per heavy atom. The lowest BCUT2D eigenvalue weighted by Gasteiger charge is -2.13. The standard InChI is InChI=1S/C33H24N6O3/c40-28-7-1-4-19-16-22(10-13-25(19)28)34-31-37-32(35-23-11-14-26-20(17-23)5-2-8-29(26)41)39-33(38-31)36-24-12-15-27-21(18-24)6-3-9-30(27)42/h1-18,40-42H,(H3,34,35,36,37,38,39). The molecule has 0 atom stereocenters. The molecule has 0 radical (unpaired) electrons. The largest absolute Gasteiger partial charge is 0.507 e. The van der Waals surface area contributed by atoms with Crippen LogP contribution in [-0.2, 0) is 0 Å². The number of aromatic nitrogens is 3. The summed E-state index contributed by atoms with van der Waals surface area (Å²) in [4.78, 5) is 13.8. The van der Waals surface area contributed by atoms with Gasteiger partial charge in [-0.1, -0.05) is 36.4 Å². The van der Waals surface area contributed by atoms with E-state index in [0.717, 1.165) is 49.4 Å². The normalized spacial score (nSPS) is 11.1. The SMILES string of the molecule is Oc1cccc2cc(Nc3nc(Nc4ccc5c(O)cccc5c4)nc(Nc4ccc5c(O)cccc5c4)n3)ccc12. The number of hydrogen-bond acceptors (Lipinski definition) is 9. The van der Waals surface area contributed by atoms with Crippen LogP contribution in [0.2, 0.25) is 0 Å². The van der Waals surface area contributed by atoms with Crippen molar-refractivity contribution in [3.8, 4) is 17.2 Å². The third-order valence-electron chi connectivity index (χ3n) is 6.98. The topological polar surface area (TPSA) is 135 Å². The Hall–Kier alpha value is -6.09. The fourth-order valence-corrected chi connectivity index (χ4v) is 4.96. The number of rotatable bonds is 6. The Morgan fingerprint density at radius 3 is 1.00 bits per heavy atom. The van der Waals surface area contributed by atoms with Gasteiger partial charge in [0.1, 0.15) is 17.2 Å². The maximum atomic E-state index is 10.2. The van der Waals surface area contributed by atoms with Crippen LogP contribution in [0.1, 0.15) is 0 Å². The minimum atomic E-state index is 0.213. The zero-order valence-corrected chi connectivity index (χ0v) is 22.1. The molecule has 0 spiro atoms. The van der Waals surface area contributed by atoms with Crippen molar-refractivity contribution < 1.29 is 15.3 Å². The molecule has 0 fully saturated rings. The van der Waals surface area contributed by atoms with Gasteiger partial charge in [-0.3, -0.25) is 0 Å². The molecule has 1 aromatic heterocycles. The maximum Gasteiger partial charge on any atom is 0.233 e. The van der Waals surface area contributed by atoms with E-state index >= 15 is 0 Å². The van der Waals surface area contributed by atoms with Crippen molar-refractivity contribution in [3.05, 3.63) is 109 Å². The van der Waals surface area contributed by atoms with E-state index in [-0.39, 0.29) is 17.2 Å². The second kappa shape index (κ2) is 10.1. The van der Waals surface area contributed by atoms with Crippen molar-refractivity contribution in [1.29, 1.82) is 0 Å². The molecule has 0 unspecified atom stereocenters. The van der Waals surface area contributed by atoms with Crippen molar-refractivity contribution in [2.75, 3.05) is 16.0 Å². The predicted octanol–water partition coefficient (Wildman–Crippen LogP) is 7.68. The fourth-order valence-electron chi connectivity index (χ4n) is 4.96. The smallest absolute Gasteiger partial charge is 0.233 e. The van der Waals surface area contributed by atoms with E-state index in [1.165, 1.54) is 0 Å². The van der Waals surface area contributed by atoms with Crippen molar-refractivity contribution in [3.63, 3.8) is 0 Å². The van der Waals surface area contributed by atoms with Gasteiger partial charge in [0, 0.05) is 33.2 Å². The van der Waals surface area contributed by atoms with Gasteiger partial charge in [0.15, 0.2) is 0 Å². The van der Waals surface area contributed by atoms with Crippen LogP contribution in [0.25, 0.3) is 32.3 Å². The molecule has 0 aliphatic rings. The molecule has 0 aliphatic carbocycles. The Kier molecular flexibility index (Phi) is 6.02. The number of benzene rings is 6. The molecule has 0 saturated carbocycles. The summed E-state index contributed by atoms with van der Waals surface area (Å²) in [6.07, 6.45) is 0. The molecular weight excluding hydrogens is 528 g/mol. The fraction of sp³-hybridized carbons (Fsp3) is 0. The highest BCUT2D eigenvalue weighted by Gasteiger charge is 2.11. The zero-order valence-electron chi connectivity index (χ0n) is 22.1. The van der Waals surface area contributed by atoms with Crippen LogP contribution in [-0.4, -0.2) is 30.3 Å². The molecule has 1 heterocycles.